The van der Waals surface area contributed by atoms with E-state index in [1.54, 1.807) is 11.8 Å². The van der Waals surface area contributed by atoms with E-state index in [-0.39, 0.29) is 22.8 Å². The Labute approximate surface area is 284 Å². The summed E-state index contributed by atoms with van der Waals surface area (Å²) >= 11 is 2.79. The summed E-state index contributed by atoms with van der Waals surface area (Å²) in [6, 6.07) is 6.47. The molecular formula is C34H46N8O3S2. The largest absolute Gasteiger partial charge is 0.360 e. The molecule has 3 fully saturated rings. The number of amides is 2. The molecule has 2 aromatic heterocycles. The number of primary amides is 1. The van der Waals surface area contributed by atoms with E-state index in [1.807, 2.05) is 11.1 Å². The van der Waals surface area contributed by atoms with Gasteiger partial charge in [0.2, 0.25) is 5.91 Å². The van der Waals surface area contributed by atoms with Gasteiger partial charge in [-0.15, -0.1) is 11.8 Å². The van der Waals surface area contributed by atoms with Crippen molar-refractivity contribution in [3.05, 3.63) is 57.0 Å². The molecule has 4 N–H and O–H groups in total. The number of aromatic nitrogens is 3. The first kappa shape index (κ1) is 32.7. The van der Waals surface area contributed by atoms with E-state index in [2.05, 4.69) is 62.1 Å². The van der Waals surface area contributed by atoms with Gasteiger partial charge >= 0.3 is 0 Å². The molecule has 0 aliphatic carbocycles. The van der Waals surface area contributed by atoms with E-state index in [4.69, 9.17) is 5.73 Å². The number of thioether (sulfide) groups is 2. The third-order valence-corrected chi connectivity index (χ3v) is 12.8. The number of fused-ring (bicyclic) bond motifs is 2. The van der Waals surface area contributed by atoms with Crippen molar-refractivity contribution in [2.75, 3.05) is 58.6 Å². The van der Waals surface area contributed by atoms with Crippen molar-refractivity contribution in [3.8, 4) is 0 Å². The van der Waals surface area contributed by atoms with E-state index in [1.165, 1.54) is 18.4 Å². The van der Waals surface area contributed by atoms with Gasteiger partial charge in [-0.1, -0.05) is 6.07 Å². The van der Waals surface area contributed by atoms with Crippen molar-refractivity contribution in [3.63, 3.8) is 0 Å². The first-order valence-electron chi connectivity index (χ1n) is 17.0. The molecule has 2 amide bonds. The number of hydrogen-bond acceptors (Lipinski definition) is 9. The lowest BCUT2D eigenvalue weighted by Crippen LogP contribution is -2.59. The van der Waals surface area contributed by atoms with Crippen molar-refractivity contribution < 1.29 is 9.59 Å². The minimum atomic E-state index is -0.464. The van der Waals surface area contributed by atoms with E-state index in [9.17, 15) is 14.4 Å². The molecule has 13 heteroatoms. The highest BCUT2D eigenvalue weighted by Crippen LogP contribution is 2.39. The first-order valence-corrected chi connectivity index (χ1v) is 18.8. The number of nitrogens with zero attached hydrogens (tertiary/aromatic N) is 5. The number of pyridine rings is 1. The number of carbonyl (C=O) groups excluding carboxylic acids is 2. The van der Waals surface area contributed by atoms with Gasteiger partial charge in [-0.3, -0.25) is 29.3 Å². The second-order valence-corrected chi connectivity index (χ2v) is 16.0. The molecule has 6 heterocycles. The van der Waals surface area contributed by atoms with Crippen LogP contribution in [0.15, 0.2) is 34.2 Å². The molecule has 3 saturated heterocycles. The van der Waals surface area contributed by atoms with E-state index in [0.717, 1.165) is 89.2 Å². The Kier molecular flexibility index (Phi) is 9.70. The number of nitrogens with two attached hydrogens (primary N) is 1. The fourth-order valence-corrected chi connectivity index (χ4v) is 10.2. The zero-order valence-corrected chi connectivity index (χ0v) is 29.0. The van der Waals surface area contributed by atoms with Crippen molar-refractivity contribution in [2.45, 2.75) is 73.9 Å². The van der Waals surface area contributed by atoms with E-state index < -0.39 is 11.3 Å². The third-order valence-electron chi connectivity index (χ3n) is 10.8. The molecule has 1 aromatic carbocycles. The lowest BCUT2D eigenvalue weighted by atomic mass is 9.87. The quantitative estimate of drug-likeness (QED) is 0.344. The average molecular weight is 679 g/mol. The molecule has 0 spiro atoms. The van der Waals surface area contributed by atoms with Gasteiger partial charge in [-0.2, -0.15) is 5.10 Å². The molecule has 4 aliphatic rings. The van der Waals surface area contributed by atoms with Crippen LogP contribution in [0.1, 0.15) is 53.9 Å². The van der Waals surface area contributed by atoms with Gasteiger partial charge in [-0.05, 0) is 112 Å². The fraction of sp³-hybridized carbons (Fsp3) is 0.588. The van der Waals surface area contributed by atoms with Crippen molar-refractivity contribution in [1.82, 2.24) is 34.8 Å². The number of likely N-dealkylation sites (tertiary alicyclic amines) is 2. The van der Waals surface area contributed by atoms with Gasteiger partial charge in [0, 0.05) is 55.5 Å². The van der Waals surface area contributed by atoms with Gasteiger partial charge in [0.15, 0.2) is 0 Å². The summed E-state index contributed by atoms with van der Waals surface area (Å²) in [7, 11) is 2.19. The monoisotopic (exact) mass is 678 g/mol. The second-order valence-electron chi connectivity index (χ2n) is 13.7. The topological polar surface area (TPSA) is 135 Å². The summed E-state index contributed by atoms with van der Waals surface area (Å²) in [4.78, 5) is 52.6. The predicted molar refractivity (Wildman–Crippen MR) is 188 cm³/mol. The number of aryl methyl sites for hydroxylation is 2. The molecule has 47 heavy (non-hydrogen) atoms. The summed E-state index contributed by atoms with van der Waals surface area (Å²) in [5.74, 6) is 1.08. The van der Waals surface area contributed by atoms with Crippen LogP contribution in [0, 0.1) is 6.92 Å². The number of H-pyrrole nitrogens is 2. The molecule has 11 nitrogen and oxygen atoms in total. The highest BCUT2D eigenvalue weighted by molar-refractivity contribution is 8.14. The summed E-state index contributed by atoms with van der Waals surface area (Å²) < 4.78 is 0. The maximum atomic E-state index is 14.6. The smallest absolute Gasteiger partial charge is 0.278 e. The standard InChI is InChI=1S/C34H46N8O3S2/c1-21-15-22(16-25-20-36-38-30(21)25)17-28(33(44)41-12-10-40(11-13-41)26-4-7-39(2)8-5-26)42-9-3-23(19-29(42)47-34(35)45)27-18-24-6-14-46-32(24)37-31(27)43/h15-16,18,20,23,26,28-29H,3-14,17,19H2,1-2H3,(H2,35,45)(H,36,38)(H,37,43)/t23?,28-,29?/m1/s1. The highest BCUT2D eigenvalue weighted by Gasteiger charge is 2.41. The summed E-state index contributed by atoms with van der Waals surface area (Å²) in [6.07, 6.45) is 6.96. The normalized spacial score (nSPS) is 24.1. The number of benzene rings is 1. The van der Waals surface area contributed by atoms with Crippen LogP contribution in [0.4, 0.5) is 4.79 Å². The van der Waals surface area contributed by atoms with Crippen LogP contribution >= 0.6 is 23.5 Å². The Balaban J connectivity index is 1.15. The van der Waals surface area contributed by atoms with Gasteiger partial charge in [0.25, 0.3) is 10.8 Å². The SMILES string of the molecule is Cc1cc(C[C@H](C(=O)N2CCN(C3CCN(C)CC3)CC2)N2CCC(c3cc4c([nH]c3=O)SCC4)CC2SC(N)=O)cc2cn[nH]c12. The number of aromatic amines is 2. The van der Waals surface area contributed by atoms with Crippen LogP contribution in [-0.4, -0.2) is 122 Å². The van der Waals surface area contributed by atoms with Crippen LogP contribution in [0.5, 0.6) is 0 Å². The van der Waals surface area contributed by atoms with E-state index in [0.29, 0.717) is 38.5 Å². The first-order chi connectivity index (χ1) is 22.7. The number of hydrogen-bond donors (Lipinski definition) is 3. The molecule has 0 bridgehead atoms. The summed E-state index contributed by atoms with van der Waals surface area (Å²) in [6.45, 7) is 8.07. The molecule has 0 radical (unpaired) electrons. The summed E-state index contributed by atoms with van der Waals surface area (Å²) in [5.41, 5.74) is 10.9. The number of piperidine rings is 2. The Morgan fingerprint density at radius 2 is 1.87 bits per heavy atom. The fourth-order valence-electron chi connectivity index (χ4n) is 8.17. The van der Waals surface area contributed by atoms with Crippen LogP contribution in [0.3, 0.4) is 0 Å². The van der Waals surface area contributed by atoms with Gasteiger partial charge in [0.05, 0.1) is 28.2 Å². The van der Waals surface area contributed by atoms with Crippen LogP contribution < -0.4 is 11.3 Å². The maximum absolute atomic E-state index is 14.6. The molecule has 7 rings (SSSR count). The molecule has 252 valence electrons. The Morgan fingerprint density at radius 3 is 2.64 bits per heavy atom. The number of carbonyl (C=O) groups is 2. The lowest BCUT2D eigenvalue weighted by molar-refractivity contribution is -0.140. The van der Waals surface area contributed by atoms with Crippen molar-refractivity contribution >= 4 is 45.6 Å². The minimum Gasteiger partial charge on any atom is -0.360 e. The molecule has 2 unspecified atom stereocenters. The molecular weight excluding hydrogens is 633 g/mol. The maximum Gasteiger partial charge on any atom is 0.278 e. The Morgan fingerprint density at radius 1 is 1.09 bits per heavy atom. The van der Waals surface area contributed by atoms with Crippen LogP contribution in [-0.2, 0) is 17.6 Å². The van der Waals surface area contributed by atoms with E-state index >= 15 is 0 Å². The van der Waals surface area contributed by atoms with Gasteiger partial charge < -0.3 is 20.5 Å². The predicted octanol–water partition coefficient (Wildman–Crippen LogP) is 3.37. The molecule has 0 saturated carbocycles. The second kappa shape index (κ2) is 13.9. The Bertz CT molecular complexity index is 1680. The van der Waals surface area contributed by atoms with Crippen LogP contribution in [0.25, 0.3) is 10.9 Å². The van der Waals surface area contributed by atoms with Crippen LogP contribution in [0.2, 0.25) is 0 Å². The number of rotatable bonds is 7. The number of piperazine rings is 1. The lowest BCUT2D eigenvalue weighted by Gasteiger charge is -2.46. The number of nitrogens with one attached hydrogen (secondary N) is 2. The molecule has 3 aromatic rings. The summed E-state index contributed by atoms with van der Waals surface area (Å²) in [5, 5.41) is 8.54. The third kappa shape index (κ3) is 7.01. The highest BCUT2D eigenvalue weighted by atomic mass is 32.2. The molecule has 3 atom stereocenters. The zero-order chi connectivity index (χ0) is 32.7. The Hall–Kier alpha value is -2.84. The van der Waals surface area contributed by atoms with Gasteiger partial charge in [0.1, 0.15) is 0 Å². The molecule has 4 aliphatic heterocycles. The minimum absolute atomic E-state index is 0.0129. The van der Waals surface area contributed by atoms with Gasteiger partial charge in [-0.25, -0.2) is 0 Å². The average Bonchev–Trinajstić information content (AvgIpc) is 3.73. The zero-order valence-electron chi connectivity index (χ0n) is 27.4. The van der Waals surface area contributed by atoms with Crippen molar-refractivity contribution in [2.24, 2.45) is 5.73 Å². The van der Waals surface area contributed by atoms with Crippen molar-refractivity contribution in [1.29, 1.82) is 0 Å².